The Morgan fingerprint density at radius 3 is 2.44 bits per heavy atom. The van der Waals surface area contributed by atoms with Crippen LogP contribution in [0.25, 0.3) is 0 Å². The van der Waals surface area contributed by atoms with E-state index < -0.39 is 11.9 Å². The highest BCUT2D eigenvalue weighted by Gasteiger charge is 2.42. The zero-order valence-electron chi connectivity index (χ0n) is 12.1. The van der Waals surface area contributed by atoms with Gasteiger partial charge in [0, 0.05) is 19.0 Å². The van der Waals surface area contributed by atoms with Crippen molar-refractivity contribution in [2.45, 2.75) is 53.5 Å². The number of nitrogens with zero attached hydrogens (tertiary/aromatic N) is 1. The Morgan fingerprint density at radius 1 is 1.44 bits per heavy atom. The van der Waals surface area contributed by atoms with Crippen molar-refractivity contribution >= 4 is 11.9 Å². The lowest BCUT2D eigenvalue weighted by molar-refractivity contribution is -0.156. The second kappa shape index (κ2) is 5.29. The van der Waals surface area contributed by atoms with Gasteiger partial charge >= 0.3 is 5.97 Å². The molecule has 4 nitrogen and oxygen atoms in total. The van der Waals surface area contributed by atoms with Gasteiger partial charge in [-0.1, -0.05) is 27.7 Å². The minimum atomic E-state index is -0.790. The van der Waals surface area contributed by atoms with Gasteiger partial charge in [-0.2, -0.15) is 0 Å². The standard InChI is InChI=1S/C14H25NO3/c1-6-14(4,5)8-15-10(3)12(13(17)18)9(2)7-11(15)16/h9-10,12H,6-8H2,1-5H3,(H,17,18). The van der Waals surface area contributed by atoms with Gasteiger partial charge in [0.25, 0.3) is 0 Å². The van der Waals surface area contributed by atoms with Gasteiger partial charge in [-0.05, 0) is 24.7 Å². The van der Waals surface area contributed by atoms with Crippen LogP contribution in [-0.2, 0) is 9.59 Å². The lowest BCUT2D eigenvalue weighted by Gasteiger charge is -2.44. The number of hydrogen-bond donors (Lipinski definition) is 1. The van der Waals surface area contributed by atoms with Crippen LogP contribution >= 0.6 is 0 Å². The second-order valence-corrected chi connectivity index (χ2v) is 6.33. The maximum Gasteiger partial charge on any atom is 0.308 e. The average Bonchev–Trinajstić information content (AvgIpc) is 2.23. The molecule has 3 atom stereocenters. The van der Waals surface area contributed by atoms with E-state index in [0.29, 0.717) is 13.0 Å². The molecule has 0 aliphatic carbocycles. The predicted octanol–water partition coefficient (Wildman–Crippen LogP) is 2.38. The molecule has 0 aromatic carbocycles. The van der Waals surface area contributed by atoms with Crippen molar-refractivity contribution in [2.24, 2.45) is 17.3 Å². The van der Waals surface area contributed by atoms with Crippen LogP contribution in [0.3, 0.4) is 0 Å². The molecule has 0 aromatic heterocycles. The van der Waals surface area contributed by atoms with Crippen LogP contribution in [0.5, 0.6) is 0 Å². The van der Waals surface area contributed by atoms with Gasteiger partial charge in [0.05, 0.1) is 5.92 Å². The molecule has 0 saturated carbocycles. The normalized spacial score (nSPS) is 29.5. The number of carboxylic acid groups (broad SMARTS) is 1. The van der Waals surface area contributed by atoms with E-state index in [2.05, 4.69) is 20.8 Å². The number of carboxylic acids is 1. The highest BCUT2D eigenvalue weighted by Crippen LogP contribution is 2.33. The molecule has 1 amide bonds. The summed E-state index contributed by atoms with van der Waals surface area (Å²) in [7, 11) is 0. The van der Waals surface area contributed by atoms with E-state index in [9.17, 15) is 14.7 Å². The maximum atomic E-state index is 12.1. The molecule has 1 heterocycles. The summed E-state index contributed by atoms with van der Waals surface area (Å²) in [4.78, 5) is 25.2. The van der Waals surface area contributed by atoms with Crippen molar-refractivity contribution in [3.05, 3.63) is 0 Å². The number of hydrogen-bond acceptors (Lipinski definition) is 2. The van der Waals surface area contributed by atoms with E-state index >= 15 is 0 Å². The Hall–Kier alpha value is -1.06. The number of aliphatic carboxylic acids is 1. The van der Waals surface area contributed by atoms with Crippen molar-refractivity contribution in [2.75, 3.05) is 6.54 Å². The molecule has 1 aliphatic rings. The lowest BCUT2D eigenvalue weighted by atomic mass is 9.79. The third-order valence-electron chi connectivity index (χ3n) is 4.28. The Kier molecular flexibility index (Phi) is 4.41. The van der Waals surface area contributed by atoms with Gasteiger partial charge < -0.3 is 10.0 Å². The van der Waals surface area contributed by atoms with Crippen LogP contribution in [0.15, 0.2) is 0 Å². The van der Waals surface area contributed by atoms with Crippen molar-refractivity contribution in [1.82, 2.24) is 4.90 Å². The zero-order valence-corrected chi connectivity index (χ0v) is 12.1. The van der Waals surface area contributed by atoms with Crippen LogP contribution in [0.4, 0.5) is 0 Å². The van der Waals surface area contributed by atoms with Crippen molar-refractivity contribution in [3.8, 4) is 0 Å². The first-order valence-corrected chi connectivity index (χ1v) is 6.72. The van der Waals surface area contributed by atoms with Gasteiger partial charge in [-0.15, -0.1) is 0 Å². The summed E-state index contributed by atoms with van der Waals surface area (Å²) in [5.74, 6) is -1.22. The third-order valence-corrected chi connectivity index (χ3v) is 4.28. The lowest BCUT2D eigenvalue weighted by Crippen LogP contribution is -2.55. The molecule has 1 fully saturated rings. The molecule has 0 bridgehead atoms. The number of likely N-dealkylation sites (tertiary alicyclic amines) is 1. The predicted molar refractivity (Wildman–Crippen MR) is 70.2 cm³/mol. The molecule has 4 heteroatoms. The summed E-state index contributed by atoms with van der Waals surface area (Å²) >= 11 is 0. The van der Waals surface area contributed by atoms with E-state index in [-0.39, 0.29) is 23.3 Å². The van der Waals surface area contributed by atoms with E-state index in [1.807, 2.05) is 13.8 Å². The molecular formula is C14H25NO3. The number of carbonyl (C=O) groups is 2. The van der Waals surface area contributed by atoms with Crippen LogP contribution < -0.4 is 0 Å². The summed E-state index contributed by atoms with van der Waals surface area (Å²) in [5, 5.41) is 9.30. The maximum absolute atomic E-state index is 12.1. The second-order valence-electron chi connectivity index (χ2n) is 6.33. The van der Waals surface area contributed by atoms with E-state index in [4.69, 9.17) is 0 Å². The fraction of sp³-hybridized carbons (Fsp3) is 0.857. The molecular weight excluding hydrogens is 230 g/mol. The summed E-state index contributed by atoms with van der Waals surface area (Å²) in [5.41, 5.74) is 0.0353. The first kappa shape index (κ1) is 15.0. The van der Waals surface area contributed by atoms with Crippen LogP contribution in [0.1, 0.15) is 47.5 Å². The van der Waals surface area contributed by atoms with Gasteiger partial charge in [-0.25, -0.2) is 0 Å². The Labute approximate surface area is 109 Å². The summed E-state index contributed by atoms with van der Waals surface area (Å²) in [6.45, 7) is 10.7. The topological polar surface area (TPSA) is 57.6 Å². The van der Waals surface area contributed by atoms with Crippen LogP contribution in [0.2, 0.25) is 0 Å². The molecule has 18 heavy (non-hydrogen) atoms. The summed E-state index contributed by atoms with van der Waals surface area (Å²) in [6, 6.07) is -0.218. The molecule has 0 radical (unpaired) electrons. The smallest absolute Gasteiger partial charge is 0.308 e. The van der Waals surface area contributed by atoms with Gasteiger partial charge in [0.2, 0.25) is 5.91 Å². The molecule has 1 saturated heterocycles. The summed E-state index contributed by atoms with van der Waals surface area (Å²) in [6.07, 6.45) is 1.32. The first-order chi connectivity index (χ1) is 8.19. The molecule has 0 spiro atoms. The average molecular weight is 255 g/mol. The fourth-order valence-corrected chi connectivity index (χ4v) is 2.67. The molecule has 104 valence electrons. The quantitative estimate of drug-likeness (QED) is 0.839. The Balaban J connectivity index is 2.90. The Morgan fingerprint density at radius 2 is 2.00 bits per heavy atom. The number of rotatable bonds is 4. The minimum Gasteiger partial charge on any atom is -0.481 e. The van der Waals surface area contributed by atoms with E-state index in [1.165, 1.54) is 0 Å². The van der Waals surface area contributed by atoms with E-state index in [1.54, 1.807) is 4.90 Å². The zero-order chi connectivity index (χ0) is 14.1. The van der Waals surface area contributed by atoms with Crippen molar-refractivity contribution < 1.29 is 14.7 Å². The molecule has 1 aliphatic heterocycles. The van der Waals surface area contributed by atoms with Crippen LogP contribution in [-0.4, -0.2) is 34.5 Å². The highest BCUT2D eigenvalue weighted by atomic mass is 16.4. The molecule has 3 unspecified atom stereocenters. The summed E-state index contributed by atoms with van der Waals surface area (Å²) < 4.78 is 0. The SMILES string of the molecule is CCC(C)(C)CN1C(=O)CC(C)C(C(=O)O)C1C. The van der Waals surface area contributed by atoms with Crippen molar-refractivity contribution in [3.63, 3.8) is 0 Å². The van der Waals surface area contributed by atoms with Gasteiger partial charge in [0.1, 0.15) is 0 Å². The largest absolute Gasteiger partial charge is 0.481 e. The van der Waals surface area contributed by atoms with Gasteiger partial charge in [-0.3, -0.25) is 9.59 Å². The fourth-order valence-electron chi connectivity index (χ4n) is 2.67. The Bertz CT molecular complexity index is 338. The third kappa shape index (κ3) is 3.03. The monoisotopic (exact) mass is 255 g/mol. The number of amides is 1. The number of piperidine rings is 1. The van der Waals surface area contributed by atoms with Crippen molar-refractivity contribution in [1.29, 1.82) is 0 Å². The molecule has 0 aromatic rings. The highest BCUT2D eigenvalue weighted by molar-refractivity contribution is 5.81. The van der Waals surface area contributed by atoms with E-state index in [0.717, 1.165) is 6.42 Å². The van der Waals surface area contributed by atoms with Gasteiger partial charge in [0.15, 0.2) is 0 Å². The number of carbonyl (C=O) groups excluding carboxylic acids is 1. The minimum absolute atomic E-state index is 0.0353. The molecule has 1 rings (SSSR count). The first-order valence-electron chi connectivity index (χ1n) is 6.72. The molecule has 1 N–H and O–H groups in total. The van der Waals surface area contributed by atoms with Crippen LogP contribution in [0, 0.1) is 17.3 Å².